The van der Waals surface area contributed by atoms with Crippen LogP contribution in [-0.2, 0) is 0 Å². The highest BCUT2D eigenvalue weighted by Gasteiger charge is 2.14. The van der Waals surface area contributed by atoms with Gasteiger partial charge in [-0.3, -0.25) is 4.79 Å². The molecular formula is C13H9FN2O2. The molecule has 5 heteroatoms. The Labute approximate surface area is 102 Å². The van der Waals surface area contributed by atoms with Crippen LogP contribution >= 0.6 is 0 Å². The summed E-state index contributed by atoms with van der Waals surface area (Å²) in [5.41, 5.74) is 0.159. The normalized spacial score (nSPS) is 10.1. The van der Waals surface area contributed by atoms with Crippen LogP contribution in [0.1, 0.15) is 11.3 Å². The lowest BCUT2D eigenvalue weighted by atomic mass is 10.00. The van der Waals surface area contributed by atoms with Gasteiger partial charge in [0.25, 0.3) is 5.56 Å². The fourth-order valence-electron chi connectivity index (χ4n) is 1.74. The Bertz CT molecular complexity index is 714. The Morgan fingerprint density at radius 3 is 2.72 bits per heavy atom. The summed E-state index contributed by atoms with van der Waals surface area (Å²) in [6, 6.07) is 6.65. The number of nitriles is 1. The maximum atomic E-state index is 13.2. The number of phenolic OH excluding ortho intramolecular Hbond substituents is 1. The van der Waals surface area contributed by atoms with E-state index < -0.39 is 11.4 Å². The molecule has 4 nitrogen and oxygen atoms in total. The van der Waals surface area contributed by atoms with Crippen molar-refractivity contribution < 1.29 is 9.50 Å². The lowest BCUT2D eigenvalue weighted by molar-refractivity contribution is 0.475. The van der Waals surface area contributed by atoms with Crippen molar-refractivity contribution >= 4 is 0 Å². The predicted octanol–water partition coefficient (Wildman–Crippen LogP) is 2.07. The largest absolute Gasteiger partial charge is 0.507 e. The molecule has 18 heavy (non-hydrogen) atoms. The average molecular weight is 244 g/mol. The van der Waals surface area contributed by atoms with E-state index in [0.29, 0.717) is 5.69 Å². The molecule has 0 aliphatic carbocycles. The van der Waals surface area contributed by atoms with E-state index in [1.54, 1.807) is 13.0 Å². The summed E-state index contributed by atoms with van der Waals surface area (Å²) in [5, 5.41) is 18.7. The number of nitrogens with zero attached hydrogens (tertiary/aromatic N) is 1. The molecule has 0 fully saturated rings. The summed E-state index contributed by atoms with van der Waals surface area (Å²) < 4.78 is 13.2. The smallest absolute Gasteiger partial charge is 0.266 e. The number of H-pyrrole nitrogens is 1. The zero-order valence-corrected chi connectivity index (χ0v) is 9.49. The third kappa shape index (κ3) is 1.96. The number of phenols is 1. The minimum atomic E-state index is -0.559. The van der Waals surface area contributed by atoms with Crippen LogP contribution in [0.25, 0.3) is 11.1 Å². The van der Waals surface area contributed by atoms with Crippen molar-refractivity contribution in [3.8, 4) is 22.9 Å². The fraction of sp³-hybridized carbons (Fsp3) is 0.0769. The van der Waals surface area contributed by atoms with Gasteiger partial charge < -0.3 is 10.1 Å². The number of rotatable bonds is 1. The molecule has 0 atom stereocenters. The lowest BCUT2D eigenvalue weighted by Gasteiger charge is -2.07. The third-order valence-corrected chi connectivity index (χ3v) is 2.53. The Balaban J connectivity index is 2.83. The van der Waals surface area contributed by atoms with Gasteiger partial charge in [-0.25, -0.2) is 4.39 Å². The van der Waals surface area contributed by atoms with Crippen molar-refractivity contribution in [2.24, 2.45) is 0 Å². The molecule has 0 unspecified atom stereocenters. The van der Waals surface area contributed by atoms with E-state index >= 15 is 0 Å². The number of aromatic hydroxyl groups is 1. The van der Waals surface area contributed by atoms with Gasteiger partial charge in [0, 0.05) is 16.8 Å². The van der Waals surface area contributed by atoms with E-state index in [2.05, 4.69) is 4.98 Å². The molecule has 0 aliphatic heterocycles. The summed E-state index contributed by atoms with van der Waals surface area (Å²) in [4.78, 5) is 14.1. The number of aromatic amines is 1. The molecule has 1 heterocycles. The number of halogens is 1. The number of nitrogens with one attached hydrogen (secondary N) is 1. The number of hydrogen-bond donors (Lipinski definition) is 2. The predicted molar refractivity (Wildman–Crippen MR) is 63.6 cm³/mol. The SMILES string of the molecule is Cc1cc(-c2cc(F)ccc2O)c(C#N)c(=O)[nH]1. The van der Waals surface area contributed by atoms with Crippen molar-refractivity contribution in [1.82, 2.24) is 4.98 Å². The molecule has 2 rings (SSSR count). The Kier molecular flexibility index (Phi) is 2.86. The molecule has 0 amide bonds. The molecule has 1 aromatic carbocycles. The highest BCUT2D eigenvalue weighted by Crippen LogP contribution is 2.31. The molecule has 0 radical (unpaired) electrons. The van der Waals surface area contributed by atoms with E-state index in [9.17, 15) is 14.3 Å². The molecule has 2 aromatic rings. The minimum absolute atomic E-state index is 0.126. The Morgan fingerprint density at radius 2 is 2.06 bits per heavy atom. The number of benzene rings is 1. The van der Waals surface area contributed by atoms with E-state index in [-0.39, 0.29) is 22.4 Å². The van der Waals surface area contributed by atoms with Crippen LogP contribution in [0.4, 0.5) is 4.39 Å². The van der Waals surface area contributed by atoms with Gasteiger partial charge in [-0.05, 0) is 31.2 Å². The van der Waals surface area contributed by atoms with Crippen molar-refractivity contribution in [2.75, 3.05) is 0 Å². The highest BCUT2D eigenvalue weighted by atomic mass is 19.1. The fourth-order valence-corrected chi connectivity index (χ4v) is 1.74. The maximum Gasteiger partial charge on any atom is 0.266 e. The van der Waals surface area contributed by atoms with Crippen LogP contribution in [0.5, 0.6) is 5.75 Å². The molecule has 90 valence electrons. The number of aryl methyl sites for hydroxylation is 1. The molecular weight excluding hydrogens is 235 g/mol. The second-order valence-corrected chi connectivity index (χ2v) is 3.84. The van der Waals surface area contributed by atoms with Crippen LogP contribution in [0.2, 0.25) is 0 Å². The molecule has 0 aliphatic rings. The van der Waals surface area contributed by atoms with Gasteiger partial charge in [-0.1, -0.05) is 0 Å². The zero-order valence-electron chi connectivity index (χ0n) is 9.49. The first kappa shape index (κ1) is 11.9. The Hall–Kier alpha value is -2.61. The monoisotopic (exact) mass is 244 g/mol. The minimum Gasteiger partial charge on any atom is -0.507 e. The van der Waals surface area contributed by atoms with E-state index in [1.165, 1.54) is 12.1 Å². The van der Waals surface area contributed by atoms with Gasteiger partial charge in [-0.2, -0.15) is 5.26 Å². The van der Waals surface area contributed by atoms with E-state index in [0.717, 1.165) is 12.1 Å². The van der Waals surface area contributed by atoms with Crippen LogP contribution in [0.15, 0.2) is 29.1 Å². The summed E-state index contributed by atoms with van der Waals surface area (Å²) >= 11 is 0. The van der Waals surface area contributed by atoms with Gasteiger partial charge in [0.1, 0.15) is 23.2 Å². The van der Waals surface area contributed by atoms with Gasteiger partial charge in [0.2, 0.25) is 0 Å². The number of aromatic nitrogens is 1. The van der Waals surface area contributed by atoms with Crippen LogP contribution in [-0.4, -0.2) is 10.1 Å². The summed E-state index contributed by atoms with van der Waals surface area (Å²) in [7, 11) is 0. The molecule has 0 bridgehead atoms. The molecule has 0 saturated carbocycles. The van der Waals surface area contributed by atoms with Gasteiger partial charge >= 0.3 is 0 Å². The van der Waals surface area contributed by atoms with Crippen molar-refractivity contribution in [2.45, 2.75) is 6.92 Å². The quantitative estimate of drug-likeness (QED) is 0.806. The van der Waals surface area contributed by atoms with Gasteiger partial charge in [0.05, 0.1) is 0 Å². The van der Waals surface area contributed by atoms with E-state index in [4.69, 9.17) is 5.26 Å². The zero-order chi connectivity index (χ0) is 13.3. The van der Waals surface area contributed by atoms with Crippen LogP contribution < -0.4 is 5.56 Å². The van der Waals surface area contributed by atoms with Gasteiger partial charge in [0.15, 0.2) is 0 Å². The second kappa shape index (κ2) is 4.34. The summed E-state index contributed by atoms with van der Waals surface area (Å²) in [5.74, 6) is -0.734. The van der Waals surface area contributed by atoms with E-state index in [1.807, 2.05) is 0 Å². The van der Waals surface area contributed by atoms with Crippen LogP contribution in [0, 0.1) is 24.1 Å². The molecule has 0 spiro atoms. The first-order valence-electron chi connectivity index (χ1n) is 5.16. The maximum absolute atomic E-state index is 13.2. The molecule has 2 N–H and O–H groups in total. The van der Waals surface area contributed by atoms with Crippen LogP contribution in [0.3, 0.4) is 0 Å². The first-order chi connectivity index (χ1) is 8.52. The third-order valence-electron chi connectivity index (χ3n) is 2.53. The topological polar surface area (TPSA) is 76.9 Å². The van der Waals surface area contributed by atoms with Gasteiger partial charge in [-0.15, -0.1) is 0 Å². The second-order valence-electron chi connectivity index (χ2n) is 3.84. The molecule has 1 aromatic heterocycles. The average Bonchev–Trinajstić information content (AvgIpc) is 2.31. The highest BCUT2D eigenvalue weighted by molar-refractivity contribution is 5.75. The Morgan fingerprint density at radius 1 is 1.33 bits per heavy atom. The molecule has 0 saturated heterocycles. The standard InChI is InChI=1S/C13H9FN2O2/c1-7-4-9(11(6-15)13(18)16-7)10-5-8(14)2-3-12(10)17/h2-5,17H,1H3,(H,16,18). The number of hydrogen-bond acceptors (Lipinski definition) is 3. The van der Waals surface area contributed by atoms with Crippen molar-refractivity contribution in [1.29, 1.82) is 5.26 Å². The summed E-state index contributed by atoms with van der Waals surface area (Å²) in [6.45, 7) is 1.64. The van der Waals surface area contributed by atoms with Crippen molar-refractivity contribution in [3.63, 3.8) is 0 Å². The lowest BCUT2D eigenvalue weighted by Crippen LogP contribution is -2.12. The number of pyridine rings is 1. The van der Waals surface area contributed by atoms with Crippen molar-refractivity contribution in [3.05, 3.63) is 51.7 Å². The first-order valence-corrected chi connectivity index (χ1v) is 5.16. The summed E-state index contributed by atoms with van der Waals surface area (Å²) in [6.07, 6.45) is 0.